The van der Waals surface area contributed by atoms with Crippen LogP contribution in [0, 0.1) is 11.8 Å². The van der Waals surface area contributed by atoms with Gasteiger partial charge in [-0.1, -0.05) is 36.1 Å². The molecule has 0 aliphatic heterocycles. The molecule has 4 N–H and O–H groups in total. The number of rotatable bonds is 6. The van der Waals surface area contributed by atoms with Crippen LogP contribution in [0.25, 0.3) is 22.2 Å². The van der Waals surface area contributed by atoms with Gasteiger partial charge in [-0.3, -0.25) is 18.6 Å². The summed E-state index contributed by atoms with van der Waals surface area (Å²) in [7, 11) is -3.41. The molecule has 1 atom stereocenters. The number of anilines is 1. The molecule has 0 unspecified atom stereocenters. The highest BCUT2D eigenvalue weighted by atomic mass is 32.2. The fraction of sp³-hybridized carbons (Fsp3) is 0.148. The van der Waals surface area contributed by atoms with Crippen molar-refractivity contribution < 1.29 is 13.2 Å². The van der Waals surface area contributed by atoms with Gasteiger partial charge in [0.2, 0.25) is 10.0 Å². The number of carbonyl (C=O) groups is 1. The van der Waals surface area contributed by atoms with E-state index in [4.69, 9.17) is 10.7 Å². The molecule has 0 aliphatic carbocycles. The van der Waals surface area contributed by atoms with Crippen molar-refractivity contribution >= 4 is 38.3 Å². The number of imidazole rings is 1. The first kappa shape index (κ1) is 26.5. The first-order chi connectivity index (χ1) is 19.1. The molecule has 40 heavy (non-hydrogen) atoms. The van der Waals surface area contributed by atoms with Crippen LogP contribution in [0.5, 0.6) is 0 Å². The summed E-state index contributed by atoms with van der Waals surface area (Å²) in [5.41, 5.74) is 7.37. The minimum absolute atomic E-state index is 0.0175. The van der Waals surface area contributed by atoms with E-state index in [1.54, 1.807) is 60.0 Å². The Bertz CT molecular complexity index is 1990. The monoisotopic (exact) mass is 556 g/mol. The first-order valence-electron chi connectivity index (χ1n) is 12.1. The van der Waals surface area contributed by atoms with E-state index in [1.165, 1.54) is 17.1 Å². The van der Waals surface area contributed by atoms with Crippen molar-refractivity contribution in [2.75, 3.05) is 18.5 Å². The first-order valence-corrected chi connectivity index (χ1v) is 14.0. The molecule has 3 aromatic heterocycles. The van der Waals surface area contributed by atoms with E-state index in [9.17, 15) is 18.0 Å². The van der Waals surface area contributed by atoms with E-state index in [-0.39, 0.29) is 29.1 Å². The third kappa shape index (κ3) is 5.26. The highest BCUT2D eigenvalue weighted by Gasteiger charge is 2.24. The average Bonchev–Trinajstić information content (AvgIpc) is 3.39. The molecule has 12 nitrogen and oxygen atoms in total. The van der Waals surface area contributed by atoms with Crippen molar-refractivity contribution in [2.24, 2.45) is 0 Å². The summed E-state index contributed by atoms with van der Waals surface area (Å²) < 4.78 is 28.0. The molecule has 202 valence electrons. The maximum Gasteiger partial charge on any atom is 0.267 e. The number of fused-ring (bicyclic) bond motifs is 2. The van der Waals surface area contributed by atoms with Crippen LogP contribution in [0.3, 0.4) is 0 Å². The number of hydrogen-bond donors (Lipinski definition) is 3. The molecule has 5 aromatic rings. The zero-order valence-electron chi connectivity index (χ0n) is 21.5. The van der Waals surface area contributed by atoms with Crippen LogP contribution in [0.1, 0.15) is 34.7 Å². The molecule has 0 spiro atoms. The lowest BCUT2D eigenvalue weighted by Crippen LogP contribution is -2.34. The summed E-state index contributed by atoms with van der Waals surface area (Å²) in [6.07, 6.45) is 5.69. The van der Waals surface area contributed by atoms with Gasteiger partial charge in [-0.25, -0.2) is 28.1 Å². The number of para-hydroxylation sites is 1. The zero-order valence-corrected chi connectivity index (χ0v) is 22.3. The van der Waals surface area contributed by atoms with Crippen LogP contribution in [0.4, 0.5) is 5.82 Å². The van der Waals surface area contributed by atoms with Gasteiger partial charge < -0.3 is 11.1 Å². The molecule has 0 fully saturated rings. The Morgan fingerprint density at radius 1 is 1.12 bits per heavy atom. The number of carbonyl (C=O) groups excluding carboxylic acids is 1. The number of amides is 1. The van der Waals surface area contributed by atoms with E-state index in [2.05, 4.69) is 31.8 Å². The number of nitrogens with zero attached hydrogens (tertiary/aromatic N) is 5. The number of hydrogen-bond acceptors (Lipinski definition) is 8. The predicted molar refractivity (Wildman–Crippen MR) is 150 cm³/mol. The van der Waals surface area contributed by atoms with Crippen LogP contribution >= 0.6 is 0 Å². The molecule has 0 bridgehead atoms. The topological polar surface area (TPSA) is 166 Å². The van der Waals surface area contributed by atoms with Gasteiger partial charge in [0.05, 0.1) is 35.4 Å². The third-order valence-corrected chi connectivity index (χ3v) is 6.68. The van der Waals surface area contributed by atoms with Gasteiger partial charge in [-0.2, -0.15) is 0 Å². The largest absolute Gasteiger partial charge is 0.383 e. The van der Waals surface area contributed by atoms with E-state index < -0.39 is 27.5 Å². The Morgan fingerprint density at radius 2 is 1.90 bits per heavy atom. The Morgan fingerprint density at radius 3 is 2.65 bits per heavy atom. The quantitative estimate of drug-likeness (QED) is 0.264. The molecule has 2 aromatic carbocycles. The van der Waals surface area contributed by atoms with Gasteiger partial charge in [-0.15, -0.1) is 0 Å². The maximum atomic E-state index is 14.0. The molecule has 1 amide bonds. The van der Waals surface area contributed by atoms with Gasteiger partial charge >= 0.3 is 0 Å². The Labute approximate surface area is 229 Å². The second-order valence-corrected chi connectivity index (χ2v) is 10.7. The zero-order chi connectivity index (χ0) is 28.4. The van der Waals surface area contributed by atoms with Crippen LogP contribution < -0.4 is 21.3 Å². The minimum Gasteiger partial charge on any atom is -0.383 e. The normalized spacial score (nSPS) is 12.2. The minimum atomic E-state index is -3.41. The highest BCUT2D eigenvalue weighted by Crippen LogP contribution is 2.22. The molecule has 0 saturated heterocycles. The van der Waals surface area contributed by atoms with E-state index in [1.807, 2.05) is 6.07 Å². The van der Waals surface area contributed by atoms with Gasteiger partial charge in [0.25, 0.3) is 11.5 Å². The Balaban J connectivity index is 1.61. The molecule has 0 radical (unpaired) electrons. The lowest BCUT2D eigenvalue weighted by molar-refractivity contribution is 0.0939. The average molecular weight is 557 g/mol. The highest BCUT2D eigenvalue weighted by molar-refractivity contribution is 7.88. The van der Waals surface area contributed by atoms with Gasteiger partial charge in [0, 0.05) is 18.0 Å². The van der Waals surface area contributed by atoms with Crippen LogP contribution in [0.2, 0.25) is 0 Å². The van der Waals surface area contributed by atoms with Crippen LogP contribution in [-0.4, -0.2) is 51.0 Å². The number of sulfonamides is 1. The van der Waals surface area contributed by atoms with Crippen molar-refractivity contribution in [3.8, 4) is 17.5 Å². The summed E-state index contributed by atoms with van der Waals surface area (Å²) in [6, 6.07) is 13.2. The van der Waals surface area contributed by atoms with Crippen molar-refractivity contribution in [2.45, 2.75) is 13.0 Å². The van der Waals surface area contributed by atoms with E-state index in [0.717, 1.165) is 6.26 Å². The number of nitrogens with two attached hydrogens (primary N) is 1. The lowest BCUT2D eigenvalue weighted by atomic mass is 10.1. The van der Waals surface area contributed by atoms with Crippen molar-refractivity contribution in [1.82, 2.24) is 34.0 Å². The van der Waals surface area contributed by atoms with Gasteiger partial charge in [0.15, 0.2) is 5.65 Å². The number of nitrogen functional groups attached to an aromatic ring is 1. The third-order valence-electron chi connectivity index (χ3n) is 6.02. The molecule has 0 saturated carbocycles. The van der Waals surface area contributed by atoms with Crippen molar-refractivity contribution in [3.05, 3.63) is 94.6 Å². The van der Waals surface area contributed by atoms with Crippen molar-refractivity contribution in [1.29, 1.82) is 0 Å². The Kier molecular flexibility index (Phi) is 7.03. The van der Waals surface area contributed by atoms with Crippen molar-refractivity contribution in [3.63, 3.8) is 0 Å². The van der Waals surface area contributed by atoms with Gasteiger partial charge in [0.1, 0.15) is 23.5 Å². The van der Waals surface area contributed by atoms with Crippen LogP contribution in [0.15, 0.2) is 72.0 Å². The number of aromatic nitrogens is 5. The number of benzene rings is 2. The van der Waals surface area contributed by atoms with E-state index in [0.29, 0.717) is 22.4 Å². The summed E-state index contributed by atoms with van der Waals surface area (Å²) in [5.74, 6) is 5.38. The molecule has 3 heterocycles. The van der Waals surface area contributed by atoms with Crippen LogP contribution in [-0.2, 0) is 10.0 Å². The molecular weight excluding hydrogens is 532 g/mol. The maximum absolute atomic E-state index is 14.0. The SMILES string of the molecule is C[C@@H](NC(=O)c1c(N)ncn2ccnc12)c1nc2cccc(C#CCNS(C)(=O)=O)c2c(=O)n1-c1ccccc1. The Hall–Kier alpha value is -5.06. The second kappa shape index (κ2) is 10.6. The second-order valence-electron chi connectivity index (χ2n) is 8.90. The van der Waals surface area contributed by atoms with E-state index >= 15 is 0 Å². The predicted octanol–water partition coefficient (Wildman–Crippen LogP) is 1.40. The molecule has 13 heteroatoms. The summed E-state index contributed by atoms with van der Waals surface area (Å²) in [4.78, 5) is 40.4. The molecular formula is C27H24N8O4S. The standard InChI is InChI=1S/C27H24N8O4S/c1-17(32-26(36)22-23(28)30-16-34-15-14-29-25(22)34)24-33-20-12-6-8-18(9-7-13-31-40(2,38)39)21(20)27(37)35(24)19-10-4-3-5-11-19/h3-6,8,10-12,14-17,31H,13,28H2,1-2H3,(H,32,36)/t17-/m1/s1. The summed E-state index contributed by atoms with van der Waals surface area (Å²) >= 11 is 0. The fourth-order valence-electron chi connectivity index (χ4n) is 4.23. The number of nitrogens with one attached hydrogen (secondary N) is 2. The molecule has 5 rings (SSSR count). The van der Waals surface area contributed by atoms with Gasteiger partial charge in [-0.05, 0) is 31.2 Å². The summed E-state index contributed by atoms with van der Waals surface area (Å²) in [6.45, 7) is 1.60. The summed E-state index contributed by atoms with van der Waals surface area (Å²) in [5, 5.41) is 3.14. The fourth-order valence-corrected chi connectivity index (χ4v) is 4.56. The lowest BCUT2D eigenvalue weighted by Gasteiger charge is -2.20. The molecule has 0 aliphatic rings. The smallest absolute Gasteiger partial charge is 0.267 e.